The second-order valence-electron chi connectivity index (χ2n) is 7.76. The molecule has 31 heavy (non-hydrogen) atoms. The third-order valence-corrected chi connectivity index (χ3v) is 5.66. The number of aryl methyl sites for hydroxylation is 1. The van der Waals surface area contributed by atoms with Crippen LogP contribution >= 0.6 is 0 Å². The van der Waals surface area contributed by atoms with E-state index in [1.807, 2.05) is 41.3 Å². The number of carbonyl (C=O) groups excluding carboxylic acids is 1. The van der Waals surface area contributed by atoms with Crippen molar-refractivity contribution >= 4 is 11.6 Å². The minimum absolute atomic E-state index is 0.0196. The molecule has 0 radical (unpaired) electrons. The highest BCUT2D eigenvalue weighted by Crippen LogP contribution is 2.44. The number of hydrogen-bond donors (Lipinski definition) is 1. The Hall–Kier alpha value is -3.67. The van der Waals surface area contributed by atoms with E-state index in [0.29, 0.717) is 42.6 Å². The fourth-order valence-electron chi connectivity index (χ4n) is 4.06. The van der Waals surface area contributed by atoms with Crippen molar-refractivity contribution in [1.29, 1.82) is 0 Å². The molecular weight excluding hydrogens is 392 g/mol. The lowest BCUT2D eigenvalue weighted by atomic mass is 10.0. The topological polar surface area (TPSA) is 60.0 Å². The van der Waals surface area contributed by atoms with Crippen LogP contribution in [0.3, 0.4) is 0 Å². The third-order valence-electron chi connectivity index (χ3n) is 5.66. The first-order valence-electron chi connectivity index (χ1n) is 10.3. The van der Waals surface area contributed by atoms with Crippen molar-refractivity contribution in [3.8, 4) is 17.2 Å². The molecule has 3 aromatic carbocycles. The number of fused-ring (bicyclic) bond motifs is 2. The van der Waals surface area contributed by atoms with Crippen molar-refractivity contribution in [2.24, 2.45) is 0 Å². The second-order valence-corrected chi connectivity index (χ2v) is 7.76. The normalized spacial score (nSPS) is 17.0. The van der Waals surface area contributed by atoms with Crippen LogP contribution in [0.25, 0.3) is 0 Å². The summed E-state index contributed by atoms with van der Waals surface area (Å²) in [4.78, 5) is 15.4. The van der Waals surface area contributed by atoms with Gasteiger partial charge < -0.3 is 24.4 Å². The Labute approximate surface area is 181 Å². The van der Waals surface area contributed by atoms with E-state index >= 15 is 0 Å². The first-order chi connectivity index (χ1) is 15.1. The van der Waals surface area contributed by atoms with Crippen molar-refractivity contribution in [2.45, 2.75) is 19.6 Å². The maximum Gasteiger partial charge on any atom is 0.258 e. The molecule has 1 amide bonds. The van der Waals surface area contributed by atoms with Gasteiger partial charge in [-0.25, -0.2) is 0 Å². The van der Waals surface area contributed by atoms with Crippen LogP contribution in [-0.2, 0) is 6.54 Å². The largest absolute Gasteiger partial charge is 0.493 e. The highest BCUT2D eigenvalue weighted by atomic mass is 16.6. The van der Waals surface area contributed by atoms with Gasteiger partial charge in [-0.05, 0) is 36.8 Å². The van der Waals surface area contributed by atoms with Crippen LogP contribution in [0.5, 0.6) is 17.2 Å². The van der Waals surface area contributed by atoms with Crippen LogP contribution < -0.4 is 19.5 Å². The number of ether oxygens (including phenoxy) is 3. The maximum atomic E-state index is 13.5. The third kappa shape index (κ3) is 3.54. The molecule has 2 aliphatic rings. The molecule has 158 valence electrons. The van der Waals surface area contributed by atoms with Gasteiger partial charge in [0.15, 0.2) is 11.5 Å². The van der Waals surface area contributed by atoms with Gasteiger partial charge >= 0.3 is 0 Å². The summed E-state index contributed by atoms with van der Waals surface area (Å²) in [6.07, 6.45) is -0.381. The summed E-state index contributed by atoms with van der Waals surface area (Å²) >= 11 is 0. The van der Waals surface area contributed by atoms with E-state index in [1.165, 1.54) is 5.56 Å². The SMILES string of the molecule is COc1cc([C@H]2Nc3ccccc3C(=O)N2Cc2ccc(C)cc2)cc2c1OCCO2. The minimum atomic E-state index is -0.381. The molecule has 1 N–H and O–H groups in total. The summed E-state index contributed by atoms with van der Waals surface area (Å²) in [5.74, 6) is 1.80. The van der Waals surface area contributed by atoms with E-state index in [4.69, 9.17) is 14.2 Å². The van der Waals surface area contributed by atoms with Gasteiger partial charge in [0.25, 0.3) is 5.91 Å². The number of anilines is 1. The van der Waals surface area contributed by atoms with Crippen LogP contribution in [0.1, 0.15) is 33.2 Å². The van der Waals surface area contributed by atoms with Crippen LogP contribution in [-0.4, -0.2) is 31.1 Å². The summed E-state index contributed by atoms with van der Waals surface area (Å²) in [6.45, 7) is 3.49. The molecule has 0 aromatic heterocycles. The smallest absolute Gasteiger partial charge is 0.258 e. The Morgan fingerprint density at radius 3 is 2.65 bits per heavy atom. The van der Waals surface area contributed by atoms with E-state index in [9.17, 15) is 4.79 Å². The molecule has 3 aromatic rings. The number of para-hydroxylation sites is 1. The molecule has 0 saturated heterocycles. The van der Waals surface area contributed by atoms with Crippen LogP contribution in [0.4, 0.5) is 5.69 Å². The molecule has 0 spiro atoms. The van der Waals surface area contributed by atoms with Crippen molar-refractivity contribution in [3.05, 3.63) is 82.9 Å². The number of nitrogens with one attached hydrogen (secondary N) is 1. The molecule has 0 saturated carbocycles. The lowest BCUT2D eigenvalue weighted by Gasteiger charge is -2.38. The molecular formula is C25H24N2O4. The summed E-state index contributed by atoms with van der Waals surface area (Å²) < 4.78 is 17.1. The van der Waals surface area contributed by atoms with E-state index in [1.54, 1.807) is 7.11 Å². The van der Waals surface area contributed by atoms with Gasteiger partial charge in [0, 0.05) is 17.8 Å². The summed E-state index contributed by atoms with van der Waals surface area (Å²) in [5.41, 5.74) is 4.60. The molecule has 1 atom stereocenters. The first-order valence-corrected chi connectivity index (χ1v) is 10.3. The lowest BCUT2D eigenvalue weighted by Crippen LogP contribution is -2.42. The van der Waals surface area contributed by atoms with Crippen molar-refractivity contribution in [1.82, 2.24) is 4.90 Å². The molecule has 6 nitrogen and oxygen atoms in total. The number of benzene rings is 3. The van der Waals surface area contributed by atoms with E-state index < -0.39 is 0 Å². The fraction of sp³-hybridized carbons (Fsp3) is 0.240. The minimum Gasteiger partial charge on any atom is -0.493 e. The zero-order valence-corrected chi connectivity index (χ0v) is 17.6. The number of nitrogens with zero attached hydrogens (tertiary/aromatic N) is 1. The number of amides is 1. The standard InChI is InChI=1S/C25H24N2O4/c1-16-7-9-17(10-8-16)15-27-24(26-20-6-4-3-5-19(20)25(27)28)18-13-21(29-2)23-22(14-18)30-11-12-31-23/h3-10,13-14,24,26H,11-12,15H2,1-2H3/t24-/m0/s1. The lowest BCUT2D eigenvalue weighted by molar-refractivity contribution is 0.0665. The molecule has 0 fully saturated rings. The Morgan fingerprint density at radius 2 is 1.84 bits per heavy atom. The van der Waals surface area contributed by atoms with Gasteiger partial charge in [-0.2, -0.15) is 0 Å². The fourth-order valence-corrected chi connectivity index (χ4v) is 4.06. The monoisotopic (exact) mass is 416 g/mol. The summed E-state index contributed by atoms with van der Waals surface area (Å²) in [7, 11) is 1.61. The molecule has 0 bridgehead atoms. The number of rotatable bonds is 4. The molecule has 5 rings (SSSR count). The van der Waals surface area contributed by atoms with E-state index in [0.717, 1.165) is 16.8 Å². The average molecular weight is 416 g/mol. The number of methoxy groups -OCH3 is 1. The predicted octanol–water partition coefficient (Wildman–Crippen LogP) is 4.54. The highest BCUT2D eigenvalue weighted by Gasteiger charge is 2.34. The Kier molecular flexibility index (Phi) is 4.90. The predicted molar refractivity (Wildman–Crippen MR) is 118 cm³/mol. The maximum absolute atomic E-state index is 13.5. The molecule has 2 aliphatic heterocycles. The first kappa shape index (κ1) is 19.3. The summed E-state index contributed by atoms with van der Waals surface area (Å²) in [5, 5.41) is 3.54. The van der Waals surface area contributed by atoms with Gasteiger partial charge in [0.1, 0.15) is 19.4 Å². The molecule has 0 unspecified atom stereocenters. The van der Waals surface area contributed by atoms with E-state index in [-0.39, 0.29) is 12.1 Å². The zero-order chi connectivity index (χ0) is 21.4. The van der Waals surface area contributed by atoms with Gasteiger partial charge in [-0.1, -0.05) is 42.0 Å². The van der Waals surface area contributed by atoms with Gasteiger partial charge in [-0.15, -0.1) is 0 Å². The van der Waals surface area contributed by atoms with Crippen LogP contribution in [0.2, 0.25) is 0 Å². The van der Waals surface area contributed by atoms with Gasteiger partial charge in [0.2, 0.25) is 5.75 Å². The Bertz CT molecular complexity index is 1110. The molecule has 0 aliphatic carbocycles. The van der Waals surface area contributed by atoms with Crippen molar-refractivity contribution in [3.63, 3.8) is 0 Å². The Balaban J connectivity index is 1.59. The van der Waals surface area contributed by atoms with Crippen molar-refractivity contribution in [2.75, 3.05) is 25.6 Å². The van der Waals surface area contributed by atoms with Crippen LogP contribution in [0, 0.1) is 6.92 Å². The molecule has 6 heteroatoms. The molecule has 2 heterocycles. The van der Waals surface area contributed by atoms with Crippen LogP contribution in [0.15, 0.2) is 60.7 Å². The number of carbonyl (C=O) groups is 1. The zero-order valence-electron chi connectivity index (χ0n) is 17.6. The highest BCUT2D eigenvalue weighted by molar-refractivity contribution is 6.01. The quantitative estimate of drug-likeness (QED) is 0.677. The number of hydrogen-bond acceptors (Lipinski definition) is 5. The van der Waals surface area contributed by atoms with Gasteiger partial charge in [0.05, 0.1) is 12.7 Å². The summed E-state index contributed by atoms with van der Waals surface area (Å²) in [6, 6.07) is 19.7. The van der Waals surface area contributed by atoms with E-state index in [2.05, 4.69) is 36.5 Å². The second kappa shape index (κ2) is 7.87. The Morgan fingerprint density at radius 1 is 1.06 bits per heavy atom. The van der Waals surface area contributed by atoms with Crippen molar-refractivity contribution < 1.29 is 19.0 Å². The average Bonchev–Trinajstić information content (AvgIpc) is 2.81. The van der Waals surface area contributed by atoms with Gasteiger partial charge in [-0.3, -0.25) is 4.79 Å².